The van der Waals surface area contributed by atoms with Crippen LogP contribution < -0.4 is 5.32 Å². The first-order valence-corrected chi connectivity index (χ1v) is 10.3. The Balaban J connectivity index is 1.30. The Kier molecular flexibility index (Phi) is 5.60. The molecule has 4 rings (SSSR count). The minimum absolute atomic E-state index is 0.00174. The number of nitrogens with one attached hydrogen (secondary N) is 1. The van der Waals surface area contributed by atoms with E-state index in [4.69, 9.17) is 4.74 Å². The van der Waals surface area contributed by atoms with E-state index >= 15 is 0 Å². The van der Waals surface area contributed by atoms with Crippen LogP contribution in [0.1, 0.15) is 73.2 Å². The fourth-order valence-electron chi connectivity index (χ4n) is 4.53. The topological polar surface area (TPSA) is 38.3 Å². The number of hydrogen-bond donors (Lipinski definition) is 1. The zero-order chi connectivity index (χ0) is 18.9. The molecule has 2 unspecified atom stereocenters. The molecule has 0 aromatic heterocycles. The first-order valence-electron chi connectivity index (χ1n) is 10.3. The third kappa shape index (κ3) is 4.94. The highest BCUT2D eigenvalue weighted by molar-refractivity contribution is 5.96. The number of halogens is 2. The van der Waals surface area contributed by atoms with Gasteiger partial charge in [-0.2, -0.15) is 0 Å². The van der Waals surface area contributed by atoms with Crippen LogP contribution in [-0.2, 0) is 4.74 Å². The molecule has 3 fully saturated rings. The average Bonchev–Trinajstić information content (AvgIpc) is 3.44. The molecule has 148 valence electrons. The molecule has 0 bridgehead atoms. The molecule has 27 heavy (non-hydrogen) atoms. The average molecular weight is 377 g/mol. The highest BCUT2D eigenvalue weighted by Crippen LogP contribution is 2.43. The number of ketones is 1. The van der Waals surface area contributed by atoms with Crippen LogP contribution in [0.3, 0.4) is 0 Å². The first kappa shape index (κ1) is 19.0. The molecular formula is C22H29F2NO2. The van der Waals surface area contributed by atoms with E-state index in [1.807, 2.05) is 18.2 Å². The van der Waals surface area contributed by atoms with E-state index in [0.717, 1.165) is 38.0 Å². The van der Waals surface area contributed by atoms with Gasteiger partial charge in [0.15, 0.2) is 5.78 Å². The van der Waals surface area contributed by atoms with Gasteiger partial charge in [0.1, 0.15) is 0 Å². The summed E-state index contributed by atoms with van der Waals surface area (Å²) in [5.41, 5.74) is 2.01. The number of alkyl halides is 2. The predicted molar refractivity (Wildman–Crippen MR) is 100 cm³/mol. The van der Waals surface area contributed by atoms with Gasteiger partial charge >= 0.3 is 0 Å². The fourth-order valence-corrected chi connectivity index (χ4v) is 4.53. The molecule has 1 saturated heterocycles. The SMILES string of the molecule is O=C(CC1CCOCC1)c1cccc(C2CC2NC2CCC(F)(F)CC2)c1. The van der Waals surface area contributed by atoms with Crippen molar-refractivity contribution in [2.24, 2.45) is 5.92 Å². The largest absolute Gasteiger partial charge is 0.381 e. The second-order valence-corrected chi connectivity index (χ2v) is 8.55. The fraction of sp³-hybridized carbons (Fsp3) is 0.682. The molecule has 1 heterocycles. The van der Waals surface area contributed by atoms with Crippen LogP contribution in [0.15, 0.2) is 24.3 Å². The lowest BCUT2D eigenvalue weighted by molar-refractivity contribution is -0.0405. The summed E-state index contributed by atoms with van der Waals surface area (Å²) in [5.74, 6) is -1.40. The number of rotatable bonds is 6. The minimum atomic E-state index is -2.47. The van der Waals surface area contributed by atoms with Gasteiger partial charge in [0.2, 0.25) is 5.92 Å². The summed E-state index contributed by atoms with van der Waals surface area (Å²) in [6, 6.07) is 8.60. The van der Waals surface area contributed by atoms with Gasteiger partial charge in [-0.3, -0.25) is 4.79 Å². The maximum absolute atomic E-state index is 13.3. The Hall–Kier alpha value is -1.33. The maximum atomic E-state index is 13.3. The minimum Gasteiger partial charge on any atom is -0.381 e. The van der Waals surface area contributed by atoms with Crippen molar-refractivity contribution in [3.63, 3.8) is 0 Å². The molecule has 5 heteroatoms. The third-order valence-electron chi connectivity index (χ3n) is 6.41. The molecule has 2 saturated carbocycles. The molecule has 3 nitrogen and oxygen atoms in total. The summed E-state index contributed by atoms with van der Waals surface area (Å²) in [4.78, 5) is 12.6. The lowest BCUT2D eigenvalue weighted by Crippen LogP contribution is -2.38. The Morgan fingerprint density at radius 2 is 1.89 bits per heavy atom. The van der Waals surface area contributed by atoms with Crippen LogP contribution in [0.25, 0.3) is 0 Å². The van der Waals surface area contributed by atoms with Gasteiger partial charge < -0.3 is 10.1 Å². The number of carbonyl (C=O) groups is 1. The highest BCUT2D eigenvalue weighted by Gasteiger charge is 2.42. The summed E-state index contributed by atoms with van der Waals surface area (Å²) in [5, 5.41) is 3.56. The summed E-state index contributed by atoms with van der Waals surface area (Å²) < 4.78 is 32.0. The van der Waals surface area contributed by atoms with E-state index in [2.05, 4.69) is 11.4 Å². The van der Waals surface area contributed by atoms with Crippen molar-refractivity contribution in [2.75, 3.05) is 13.2 Å². The maximum Gasteiger partial charge on any atom is 0.248 e. The Labute approximate surface area is 159 Å². The van der Waals surface area contributed by atoms with Crippen molar-refractivity contribution in [3.05, 3.63) is 35.4 Å². The summed E-state index contributed by atoms with van der Waals surface area (Å²) >= 11 is 0. The Morgan fingerprint density at radius 1 is 1.15 bits per heavy atom. The molecule has 1 aliphatic heterocycles. The van der Waals surface area contributed by atoms with Gasteiger partial charge in [-0.15, -0.1) is 0 Å². The Morgan fingerprint density at radius 3 is 2.63 bits per heavy atom. The van der Waals surface area contributed by atoms with Crippen LogP contribution in [0.4, 0.5) is 8.78 Å². The van der Waals surface area contributed by atoms with E-state index in [9.17, 15) is 13.6 Å². The number of benzene rings is 1. The van der Waals surface area contributed by atoms with Gasteiger partial charge in [-0.25, -0.2) is 8.78 Å². The summed E-state index contributed by atoms with van der Waals surface area (Å²) in [6.45, 7) is 1.53. The molecule has 2 aliphatic carbocycles. The number of Topliss-reactive ketones (excluding diaryl/α,β-unsaturated/α-hetero) is 1. The van der Waals surface area contributed by atoms with Crippen LogP contribution in [0.2, 0.25) is 0 Å². The monoisotopic (exact) mass is 377 g/mol. The van der Waals surface area contributed by atoms with Gasteiger partial charge in [0.25, 0.3) is 0 Å². The molecule has 1 aromatic carbocycles. The van der Waals surface area contributed by atoms with Crippen molar-refractivity contribution in [2.45, 2.75) is 75.3 Å². The van der Waals surface area contributed by atoms with E-state index < -0.39 is 5.92 Å². The number of carbonyl (C=O) groups excluding carboxylic acids is 1. The molecular weight excluding hydrogens is 348 g/mol. The van der Waals surface area contributed by atoms with E-state index in [-0.39, 0.29) is 24.7 Å². The van der Waals surface area contributed by atoms with Gasteiger partial charge in [0.05, 0.1) is 0 Å². The molecule has 0 spiro atoms. The molecule has 0 amide bonds. The van der Waals surface area contributed by atoms with Crippen molar-refractivity contribution >= 4 is 5.78 Å². The summed E-state index contributed by atoms with van der Waals surface area (Å²) in [6.07, 6.45) is 4.69. The van der Waals surface area contributed by atoms with Crippen LogP contribution >= 0.6 is 0 Å². The smallest absolute Gasteiger partial charge is 0.248 e. The zero-order valence-electron chi connectivity index (χ0n) is 15.8. The van der Waals surface area contributed by atoms with Crippen LogP contribution in [0, 0.1) is 5.92 Å². The predicted octanol–water partition coefficient (Wildman–Crippen LogP) is 4.71. The summed E-state index contributed by atoms with van der Waals surface area (Å²) in [7, 11) is 0. The van der Waals surface area contributed by atoms with Crippen molar-refractivity contribution in [3.8, 4) is 0 Å². The highest BCUT2D eigenvalue weighted by atomic mass is 19.3. The second kappa shape index (κ2) is 7.96. The number of ether oxygens (including phenoxy) is 1. The van der Waals surface area contributed by atoms with Crippen molar-refractivity contribution < 1.29 is 18.3 Å². The van der Waals surface area contributed by atoms with E-state index in [1.54, 1.807) is 0 Å². The molecule has 0 radical (unpaired) electrons. The van der Waals surface area contributed by atoms with Crippen molar-refractivity contribution in [1.82, 2.24) is 5.32 Å². The van der Waals surface area contributed by atoms with Crippen LogP contribution in [-0.4, -0.2) is 37.0 Å². The lowest BCUT2D eigenvalue weighted by Gasteiger charge is -2.29. The number of hydrogen-bond acceptors (Lipinski definition) is 3. The van der Waals surface area contributed by atoms with Crippen LogP contribution in [0.5, 0.6) is 0 Å². The lowest BCUT2D eigenvalue weighted by atomic mass is 9.91. The molecule has 3 aliphatic rings. The first-order chi connectivity index (χ1) is 13.0. The molecule has 1 aromatic rings. The van der Waals surface area contributed by atoms with Gasteiger partial charge in [-0.1, -0.05) is 18.2 Å². The zero-order valence-corrected chi connectivity index (χ0v) is 15.8. The van der Waals surface area contributed by atoms with Crippen molar-refractivity contribution in [1.29, 1.82) is 0 Å². The second-order valence-electron chi connectivity index (χ2n) is 8.55. The Bertz CT molecular complexity index is 662. The molecule has 1 N–H and O–H groups in total. The third-order valence-corrected chi connectivity index (χ3v) is 6.41. The van der Waals surface area contributed by atoms with E-state index in [1.165, 1.54) is 5.56 Å². The van der Waals surface area contributed by atoms with Gasteiger partial charge in [-0.05, 0) is 49.7 Å². The quantitative estimate of drug-likeness (QED) is 0.730. The van der Waals surface area contributed by atoms with Gasteiger partial charge in [0, 0.05) is 56.0 Å². The standard InChI is InChI=1S/C22H29F2NO2/c23-22(24)8-4-18(5-9-22)25-20-14-19(20)16-2-1-3-17(13-16)21(26)12-15-6-10-27-11-7-15/h1-3,13,15,18-20,25H,4-12,14H2. The normalized spacial score (nSPS) is 28.8. The molecule has 2 atom stereocenters. The van der Waals surface area contributed by atoms with E-state index in [0.29, 0.717) is 37.1 Å².